The van der Waals surface area contributed by atoms with Crippen molar-refractivity contribution >= 4 is 0 Å². The number of aliphatic hydroxyl groups is 1. The fourth-order valence-electron chi connectivity index (χ4n) is 1.67. The van der Waals surface area contributed by atoms with Gasteiger partial charge in [-0.3, -0.25) is 4.52 Å². The molecule has 0 radical (unpaired) electrons. The van der Waals surface area contributed by atoms with Gasteiger partial charge in [0.1, 0.15) is 18.5 Å². The van der Waals surface area contributed by atoms with Crippen molar-refractivity contribution in [3.63, 3.8) is 0 Å². The number of benzene rings is 1. The van der Waals surface area contributed by atoms with E-state index in [0.29, 0.717) is 12.2 Å². The van der Waals surface area contributed by atoms with Crippen molar-refractivity contribution in [3.05, 3.63) is 41.5 Å². The van der Waals surface area contributed by atoms with E-state index in [1.165, 1.54) is 12.1 Å². The van der Waals surface area contributed by atoms with Crippen LogP contribution in [0.15, 0.2) is 28.8 Å². The van der Waals surface area contributed by atoms with Gasteiger partial charge in [-0.25, -0.2) is 4.39 Å². The first-order valence-corrected chi connectivity index (χ1v) is 7.02. The van der Waals surface area contributed by atoms with Gasteiger partial charge in [-0.15, -0.1) is 0 Å². The molecule has 2 rings (SSSR count). The molecule has 1 heterocycles. The summed E-state index contributed by atoms with van der Waals surface area (Å²) in [5.74, 6) is 0.132. The van der Waals surface area contributed by atoms with E-state index >= 15 is 0 Å². The SMILES string of the molecule is CC(C)OCC(O)COc1nc(Cc2ccc(F)cc2)no1. The third-order valence-corrected chi connectivity index (χ3v) is 2.75. The Kier molecular flexibility index (Phi) is 5.85. The lowest BCUT2D eigenvalue weighted by Crippen LogP contribution is -2.25. The summed E-state index contributed by atoms with van der Waals surface area (Å²) in [6, 6.07) is 6.05. The fraction of sp³-hybridized carbons (Fsp3) is 0.467. The van der Waals surface area contributed by atoms with Gasteiger partial charge < -0.3 is 14.6 Å². The largest absolute Gasteiger partial charge is 0.446 e. The van der Waals surface area contributed by atoms with Crippen LogP contribution < -0.4 is 4.74 Å². The number of halogens is 1. The van der Waals surface area contributed by atoms with Gasteiger partial charge in [0.05, 0.1) is 12.7 Å². The third-order valence-electron chi connectivity index (χ3n) is 2.75. The average molecular weight is 310 g/mol. The van der Waals surface area contributed by atoms with Crippen LogP contribution in [0.3, 0.4) is 0 Å². The molecule has 6 nitrogen and oxygen atoms in total. The molecule has 1 aromatic heterocycles. The molecule has 7 heteroatoms. The van der Waals surface area contributed by atoms with Gasteiger partial charge in [-0.05, 0) is 31.5 Å². The number of hydrogen-bond acceptors (Lipinski definition) is 6. The van der Waals surface area contributed by atoms with Gasteiger partial charge in [0, 0.05) is 6.42 Å². The highest BCUT2D eigenvalue weighted by atomic mass is 19.1. The number of hydrogen-bond donors (Lipinski definition) is 1. The fourth-order valence-corrected chi connectivity index (χ4v) is 1.67. The Balaban J connectivity index is 1.80. The number of aromatic nitrogens is 2. The summed E-state index contributed by atoms with van der Waals surface area (Å²) in [5, 5.41) is 13.4. The van der Waals surface area contributed by atoms with E-state index in [9.17, 15) is 9.50 Å². The lowest BCUT2D eigenvalue weighted by molar-refractivity contribution is -0.0172. The van der Waals surface area contributed by atoms with Crippen LogP contribution in [0.2, 0.25) is 0 Å². The molecule has 0 spiro atoms. The summed E-state index contributed by atoms with van der Waals surface area (Å²) in [4.78, 5) is 4.05. The quantitative estimate of drug-likeness (QED) is 0.803. The van der Waals surface area contributed by atoms with Crippen LogP contribution in [0.5, 0.6) is 6.08 Å². The Morgan fingerprint density at radius 2 is 1.95 bits per heavy atom. The second-order valence-electron chi connectivity index (χ2n) is 5.13. The lowest BCUT2D eigenvalue weighted by atomic mass is 10.1. The molecule has 2 aromatic rings. The second kappa shape index (κ2) is 7.86. The topological polar surface area (TPSA) is 77.6 Å². The molecule has 0 amide bonds. The molecule has 1 atom stereocenters. The number of nitrogens with zero attached hydrogens (tertiary/aromatic N) is 2. The molecule has 1 N–H and O–H groups in total. The van der Waals surface area contributed by atoms with Gasteiger partial charge in [0.25, 0.3) is 0 Å². The van der Waals surface area contributed by atoms with Crippen LogP contribution in [-0.2, 0) is 11.2 Å². The Labute approximate surface area is 127 Å². The van der Waals surface area contributed by atoms with Crippen molar-refractivity contribution in [1.29, 1.82) is 0 Å². The summed E-state index contributed by atoms with van der Waals surface area (Å²) in [5.41, 5.74) is 0.860. The molecule has 0 aliphatic rings. The smallest absolute Gasteiger partial charge is 0.417 e. The maximum absolute atomic E-state index is 12.8. The van der Waals surface area contributed by atoms with Crippen LogP contribution in [-0.4, -0.2) is 40.7 Å². The number of aliphatic hydroxyl groups excluding tert-OH is 1. The summed E-state index contributed by atoms with van der Waals surface area (Å²) < 4.78 is 28.2. The van der Waals surface area contributed by atoms with Crippen LogP contribution in [0, 0.1) is 5.82 Å². The first-order valence-electron chi connectivity index (χ1n) is 7.02. The lowest BCUT2D eigenvalue weighted by Gasteiger charge is -2.12. The zero-order valence-electron chi connectivity index (χ0n) is 12.5. The molecule has 0 bridgehead atoms. The van der Waals surface area contributed by atoms with E-state index in [-0.39, 0.29) is 31.2 Å². The van der Waals surface area contributed by atoms with E-state index in [1.807, 2.05) is 13.8 Å². The summed E-state index contributed by atoms with van der Waals surface area (Å²) in [7, 11) is 0. The van der Waals surface area contributed by atoms with Crippen molar-refractivity contribution in [2.24, 2.45) is 0 Å². The molecular formula is C15H19FN2O4. The monoisotopic (exact) mass is 310 g/mol. The molecule has 1 unspecified atom stereocenters. The molecule has 0 fully saturated rings. The summed E-state index contributed by atoms with van der Waals surface area (Å²) in [6.07, 6.45) is -0.331. The van der Waals surface area contributed by atoms with E-state index in [1.54, 1.807) is 12.1 Å². The third kappa shape index (κ3) is 5.42. The molecule has 0 aliphatic heterocycles. The standard InChI is InChI=1S/C15H19FN2O4/c1-10(2)20-8-13(19)9-21-15-17-14(18-22-15)7-11-3-5-12(16)6-4-11/h3-6,10,13,19H,7-9H2,1-2H3. The van der Waals surface area contributed by atoms with Gasteiger partial charge >= 0.3 is 6.08 Å². The van der Waals surface area contributed by atoms with Crippen LogP contribution in [0.1, 0.15) is 25.2 Å². The highest BCUT2D eigenvalue weighted by Gasteiger charge is 2.12. The summed E-state index contributed by atoms with van der Waals surface area (Å²) >= 11 is 0. The molecule has 0 aliphatic carbocycles. The van der Waals surface area contributed by atoms with Gasteiger partial charge in [0.15, 0.2) is 5.82 Å². The highest BCUT2D eigenvalue weighted by molar-refractivity contribution is 5.19. The van der Waals surface area contributed by atoms with Crippen molar-refractivity contribution in [2.75, 3.05) is 13.2 Å². The Morgan fingerprint density at radius 3 is 2.64 bits per heavy atom. The molecule has 1 aromatic carbocycles. The van der Waals surface area contributed by atoms with Crippen LogP contribution >= 0.6 is 0 Å². The minimum Gasteiger partial charge on any atom is -0.446 e. The summed E-state index contributed by atoms with van der Waals surface area (Å²) in [6.45, 7) is 3.94. The Morgan fingerprint density at radius 1 is 1.23 bits per heavy atom. The molecular weight excluding hydrogens is 291 g/mol. The van der Waals surface area contributed by atoms with E-state index < -0.39 is 6.10 Å². The van der Waals surface area contributed by atoms with Gasteiger partial charge in [0.2, 0.25) is 0 Å². The first-order chi connectivity index (χ1) is 10.5. The Hall–Kier alpha value is -1.99. The van der Waals surface area contributed by atoms with Gasteiger partial charge in [-0.2, -0.15) is 4.98 Å². The number of ether oxygens (including phenoxy) is 2. The van der Waals surface area contributed by atoms with E-state index in [4.69, 9.17) is 14.0 Å². The van der Waals surface area contributed by atoms with Crippen LogP contribution in [0.25, 0.3) is 0 Å². The maximum atomic E-state index is 12.8. The predicted molar refractivity (Wildman–Crippen MR) is 76.1 cm³/mol. The van der Waals surface area contributed by atoms with E-state index in [2.05, 4.69) is 10.1 Å². The van der Waals surface area contributed by atoms with Crippen molar-refractivity contribution < 1.29 is 23.5 Å². The average Bonchev–Trinajstić information content (AvgIpc) is 2.93. The predicted octanol–water partition coefficient (Wildman–Crippen LogP) is 1.96. The van der Waals surface area contributed by atoms with Crippen LogP contribution in [0.4, 0.5) is 4.39 Å². The Bertz CT molecular complexity index is 571. The molecule has 22 heavy (non-hydrogen) atoms. The highest BCUT2D eigenvalue weighted by Crippen LogP contribution is 2.12. The minimum absolute atomic E-state index is 0.00486. The molecule has 0 saturated heterocycles. The van der Waals surface area contributed by atoms with Crippen molar-refractivity contribution in [1.82, 2.24) is 10.1 Å². The minimum atomic E-state index is -0.769. The van der Waals surface area contributed by atoms with Crippen molar-refractivity contribution in [3.8, 4) is 6.08 Å². The first kappa shape index (κ1) is 16.4. The number of rotatable bonds is 8. The zero-order valence-corrected chi connectivity index (χ0v) is 12.5. The normalized spacial score (nSPS) is 12.6. The zero-order chi connectivity index (χ0) is 15.9. The second-order valence-corrected chi connectivity index (χ2v) is 5.13. The van der Waals surface area contributed by atoms with Crippen molar-refractivity contribution in [2.45, 2.75) is 32.5 Å². The molecule has 0 saturated carbocycles. The maximum Gasteiger partial charge on any atom is 0.417 e. The van der Waals surface area contributed by atoms with E-state index in [0.717, 1.165) is 5.56 Å². The molecule has 120 valence electrons. The van der Waals surface area contributed by atoms with Gasteiger partial charge in [-0.1, -0.05) is 17.3 Å².